The molecular weight excluding hydrogens is 238 g/mol. The van der Waals surface area contributed by atoms with E-state index in [1.54, 1.807) is 6.20 Å². The molecule has 1 aromatic heterocycles. The Hall–Kier alpha value is -1.36. The van der Waals surface area contributed by atoms with Crippen LogP contribution in [0.3, 0.4) is 0 Å². The normalized spacial score (nSPS) is 11.1. The van der Waals surface area contributed by atoms with Gasteiger partial charge in [0, 0.05) is 19.3 Å². The van der Waals surface area contributed by atoms with E-state index in [0.717, 1.165) is 38.3 Å². The smallest absolute Gasteiger partial charge is 0.224 e. The molecule has 0 aliphatic rings. The maximum atomic E-state index is 4.44. The van der Waals surface area contributed by atoms with E-state index in [1.165, 1.54) is 0 Å². The molecule has 1 rings (SSSR count). The lowest BCUT2D eigenvalue weighted by Crippen LogP contribution is -2.17. The first kappa shape index (κ1) is 15.7. The van der Waals surface area contributed by atoms with E-state index in [2.05, 4.69) is 53.4 Å². The fourth-order valence-electron chi connectivity index (χ4n) is 1.63. The first-order valence-corrected chi connectivity index (χ1v) is 7.03. The van der Waals surface area contributed by atoms with Crippen LogP contribution in [0.5, 0.6) is 0 Å². The number of nitrogens with one attached hydrogen (secondary N) is 2. The summed E-state index contributed by atoms with van der Waals surface area (Å²) in [5.41, 5.74) is 0. The van der Waals surface area contributed by atoms with Crippen molar-refractivity contribution in [1.29, 1.82) is 0 Å². The first-order valence-electron chi connectivity index (χ1n) is 7.03. The Morgan fingerprint density at radius 3 is 2.68 bits per heavy atom. The monoisotopic (exact) mass is 265 g/mol. The van der Waals surface area contributed by atoms with Crippen LogP contribution in [0.15, 0.2) is 12.3 Å². The molecule has 0 fully saturated rings. The molecule has 108 valence electrons. The second kappa shape index (κ2) is 8.69. The van der Waals surface area contributed by atoms with Crippen molar-refractivity contribution in [2.45, 2.75) is 26.7 Å². The van der Waals surface area contributed by atoms with Crippen molar-refractivity contribution in [2.24, 2.45) is 5.92 Å². The Morgan fingerprint density at radius 2 is 2.00 bits per heavy atom. The number of anilines is 2. The van der Waals surface area contributed by atoms with Crippen molar-refractivity contribution in [3.63, 3.8) is 0 Å². The summed E-state index contributed by atoms with van der Waals surface area (Å²) in [6.07, 6.45) is 4.02. The molecule has 1 heterocycles. The second-order valence-electron chi connectivity index (χ2n) is 5.46. The van der Waals surface area contributed by atoms with Crippen LogP contribution in [0.1, 0.15) is 26.7 Å². The van der Waals surface area contributed by atoms with E-state index in [1.807, 2.05) is 6.07 Å². The topological polar surface area (TPSA) is 53.1 Å². The number of rotatable bonds is 9. The maximum Gasteiger partial charge on any atom is 0.224 e. The molecule has 0 unspecified atom stereocenters. The summed E-state index contributed by atoms with van der Waals surface area (Å²) in [6, 6.07) is 1.91. The van der Waals surface area contributed by atoms with Gasteiger partial charge in [0.1, 0.15) is 5.82 Å². The first-order chi connectivity index (χ1) is 9.08. The molecule has 0 atom stereocenters. The van der Waals surface area contributed by atoms with Gasteiger partial charge in [0.15, 0.2) is 0 Å². The third kappa shape index (κ3) is 7.62. The van der Waals surface area contributed by atoms with E-state index in [9.17, 15) is 0 Å². The predicted octanol–water partition coefficient (Wildman–Crippen LogP) is 2.30. The molecule has 2 N–H and O–H groups in total. The molecule has 0 spiro atoms. The lowest BCUT2D eigenvalue weighted by Gasteiger charge is -2.11. The van der Waals surface area contributed by atoms with Gasteiger partial charge in [-0.05, 0) is 45.5 Å². The minimum absolute atomic E-state index is 0.702. The molecule has 0 saturated heterocycles. The summed E-state index contributed by atoms with van der Waals surface area (Å²) >= 11 is 0. The summed E-state index contributed by atoms with van der Waals surface area (Å²) in [4.78, 5) is 10.8. The highest BCUT2D eigenvalue weighted by Gasteiger charge is 1.99. The van der Waals surface area contributed by atoms with Crippen LogP contribution >= 0.6 is 0 Å². The van der Waals surface area contributed by atoms with Gasteiger partial charge in [-0.15, -0.1) is 0 Å². The number of aromatic nitrogens is 2. The van der Waals surface area contributed by atoms with Crippen molar-refractivity contribution in [3.05, 3.63) is 12.3 Å². The van der Waals surface area contributed by atoms with E-state index < -0.39 is 0 Å². The van der Waals surface area contributed by atoms with Crippen molar-refractivity contribution in [3.8, 4) is 0 Å². The minimum atomic E-state index is 0.702. The molecular formula is C14H27N5. The highest BCUT2D eigenvalue weighted by molar-refractivity contribution is 5.39. The number of hydrogen-bond acceptors (Lipinski definition) is 5. The molecule has 0 radical (unpaired) electrons. The van der Waals surface area contributed by atoms with Crippen LogP contribution in [0, 0.1) is 5.92 Å². The van der Waals surface area contributed by atoms with Gasteiger partial charge in [0.05, 0.1) is 0 Å². The average Bonchev–Trinajstić information content (AvgIpc) is 2.34. The summed E-state index contributed by atoms with van der Waals surface area (Å²) in [7, 11) is 4.16. The van der Waals surface area contributed by atoms with Crippen LogP contribution < -0.4 is 10.6 Å². The zero-order valence-corrected chi connectivity index (χ0v) is 12.6. The number of nitrogens with zero attached hydrogens (tertiary/aromatic N) is 3. The summed E-state index contributed by atoms with van der Waals surface area (Å²) in [5, 5.41) is 6.58. The highest BCUT2D eigenvalue weighted by Crippen LogP contribution is 2.07. The van der Waals surface area contributed by atoms with Crippen molar-refractivity contribution in [1.82, 2.24) is 14.9 Å². The van der Waals surface area contributed by atoms with Gasteiger partial charge in [-0.3, -0.25) is 0 Å². The van der Waals surface area contributed by atoms with Crippen molar-refractivity contribution < 1.29 is 0 Å². The third-order valence-corrected chi connectivity index (χ3v) is 2.75. The SMILES string of the molecule is CC(C)CCNc1ccnc(NCCCN(C)C)n1. The Kier molecular flexibility index (Phi) is 7.18. The lowest BCUT2D eigenvalue weighted by molar-refractivity contribution is 0.405. The molecule has 0 aliphatic carbocycles. The quantitative estimate of drug-likeness (QED) is 0.671. The zero-order valence-electron chi connectivity index (χ0n) is 12.6. The number of hydrogen-bond donors (Lipinski definition) is 2. The van der Waals surface area contributed by atoms with Crippen LogP contribution in [0.4, 0.5) is 11.8 Å². The van der Waals surface area contributed by atoms with Crippen LogP contribution in [0.25, 0.3) is 0 Å². The van der Waals surface area contributed by atoms with Crippen LogP contribution in [-0.2, 0) is 0 Å². The summed E-state index contributed by atoms with van der Waals surface area (Å²) in [6.45, 7) is 7.36. The average molecular weight is 265 g/mol. The fraction of sp³-hybridized carbons (Fsp3) is 0.714. The summed E-state index contributed by atoms with van der Waals surface area (Å²) < 4.78 is 0. The predicted molar refractivity (Wildman–Crippen MR) is 81.6 cm³/mol. The van der Waals surface area contributed by atoms with Gasteiger partial charge >= 0.3 is 0 Å². The highest BCUT2D eigenvalue weighted by atomic mass is 15.1. The Labute approximate surface area is 116 Å². The van der Waals surface area contributed by atoms with Crippen LogP contribution in [-0.4, -0.2) is 48.6 Å². The van der Waals surface area contributed by atoms with E-state index in [0.29, 0.717) is 11.9 Å². The molecule has 19 heavy (non-hydrogen) atoms. The molecule has 5 heteroatoms. The van der Waals surface area contributed by atoms with E-state index in [4.69, 9.17) is 0 Å². The Morgan fingerprint density at radius 1 is 1.21 bits per heavy atom. The molecule has 5 nitrogen and oxygen atoms in total. The van der Waals surface area contributed by atoms with Gasteiger partial charge in [-0.1, -0.05) is 13.8 Å². The Balaban J connectivity index is 2.31. The van der Waals surface area contributed by atoms with Crippen molar-refractivity contribution >= 4 is 11.8 Å². The fourth-order valence-corrected chi connectivity index (χ4v) is 1.63. The lowest BCUT2D eigenvalue weighted by atomic mass is 10.1. The van der Waals surface area contributed by atoms with E-state index >= 15 is 0 Å². The van der Waals surface area contributed by atoms with Gasteiger partial charge < -0.3 is 15.5 Å². The van der Waals surface area contributed by atoms with Crippen LogP contribution in [0.2, 0.25) is 0 Å². The summed E-state index contributed by atoms with van der Waals surface area (Å²) in [5.74, 6) is 2.30. The maximum absolute atomic E-state index is 4.44. The third-order valence-electron chi connectivity index (χ3n) is 2.75. The molecule has 0 bridgehead atoms. The largest absolute Gasteiger partial charge is 0.370 e. The molecule has 1 aromatic rings. The standard InChI is InChI=1S/C14H27N5/c1-12(2)6-9-15-13-7-10-17-14(18-13)16-8-5-11-19(3)4/h7,10,12H,5-6,8-9,11H2,1-4H3,(H2,15,16,17,18). The van der Waals surface area contributed by atoms with Gasteiger partial charge in [-0.25, -0.2) is 4.98 Å². The molecule has 0 saturated carbocycles. The van der Waals surface area contributed by atoms with Crippen molar-refractivity contribution in [2.75, 3.05) is 44.4 Å². The molecule has 0 aliphatic heterocycles. The molecule has 0 aromatic carbocycles. The van der Waals surface area contributed by atoms with Gasteiger partial charge in [0.2, 0.25) is 5.95 Å². The zero-order chi connectivity index (χ0) is 14.1. The second-order valence-corrected chi connectivity index (χ2v) is 5.46. The van der Waals surface area contributed by atoms with Gasteiger partial charge in [0.25, 0.3) is 0 Å². The van der Waals surface area contributed by atoms with E-state index in [-0.39, 0.29) is 0 Å². The molecule has 0 amide bonds. The Bertz CT molecular complexity index is 351. The minimum Gasteiger partial charge on any atom is -0.370 e. The van der Waals surface area contributed by atoms with Gasteiger partial charge in [-0.2, -0.15) is 4.98 Å².